The molecule has 0 atom stereocenters. The fourth-order valence-corrected chi connectivity index (χ4v) is 0.448. The Morgan fingerprint density at radius 3 is 1.75 bits per heavy atom. The van der Waals surface area contributed by atoms with Gasteiger partial charge in [0.15, 0.2) is 0 Å². The van der Waals surface area contributed by atoms with Crippen molar-refractivity contribution in [2.24, 2.45) is 0 Å². The van der Waals surface area contributed by atoms with Crippen LogP contribution in [-0.4, -0.2) is 4.98 Å². The summed E-state index contributed by atoms with van der Waals surface area (Å²) in [5.74, 6) is 0. The van der Waals surface area contributed by atoms with Crippen LogP contribution in [0.2, 0.25) is 0 Å². The maximum atomic E-state index is 3.98. The Labute approximate surface area is 149 Å². The average Bonchev–Trinajstić information content (AvgIpc) is 1.69. The van der Waals surface area contributed by atoms with Crippen molar-refractivity contribution in [2.75, 3.05) is 0 Å². The van der Waals surface area contributed by atoms with E-state index in [0.717, 1.165) is 5.69 Å². The van der Waals surface area contributed by atoms with Gasteiger partial charge in [-0.2, -0.15) is 0 Å². The average molecular weight is 434 g/mol. The van der Waals surface area contributed by atoms with Gasteiger partial charge in [-0.25, -0.2) is 0 Å². The van der Waals surface area contributed by atoms with Crippen molar-refractivity contribution in [3.8, 4) is 0 Å². The molecule has 0 saturated heterocycles. The predicted octanol–water partition coefficient (Wildman–Crippen LogP) is -10.6. The van der Waals surface area contributed by atoms with Gasteiger partial charge in [-0.3, -0.25) is 4.98 Å². The Morgan fingerprint density at radius 1 is 1.08 bits per heavy atom. The molecule has 0 bridgehead atoms. The molecular weight excluding hydrogens is 427 g/mol. The van der Waals surface area contributed by atoms with Crippen LogP contribution >= 0.6 is 0 Å². The standard InChI is InChI=1S/C6H7N.3ClH.K.Pt/c1-6-4-2-3-5-7-6;;;;;/h2-5H,1H3;3*1H;;/q;;;;+1;+2/p-3. The number of pyridine rings is 1. The van der Waals surface area contributed by atoms with Crippen molar-refractivity contribution in [1.29, 1.82) is 0 Å². The second kappa shape index (κ2) is 19.0. The first-order valence-corrected chi connectivity index (χ1v) is 2.27. The Bertz CT molecular complexity index is 153. The molecule has 1 heterocycles. The van der Waals surface area contributed by atoms with E-state index in [0.29, 0.717) is 0 Å². The fourth-order valence-electron chi connectivity index (χ4n) is 0.448. The number of hydrogen-bond donors (Lipinski definition) is 0. The molecule has 0 fully saturated rings. The second-order valence-corrected chi connectivity index (χ2v) is 1.47. The molecule has 1 aromatic rings. The van der Waals surface area contributed by atoms with E-state index in [4.69, 9.17) is 0 Å². The van der Waals surface area contributed by atoms with Crippen LogP contribution in [-0.2, 0) is 21.1 Å². The van der Waals surface area contributed by atoms with Crippen molar-refractivity contribution in [2.45, 2.75) is 6.92 Å². The van der Waals surface area contributed by atoms with Crippen molar-refractivity contribution < 1.29 is 110 Å². The van der Waals surface area contributed by atoms with E-state index < -0.39 is 0 Å². The van der Waals surface area contributed by atoms with E-state index in [9.17, 15) is 0 Å². The molecule has 0 saturated carbocycles. The largest absolute Gasteiger partial charge is 2.00 e. The van der Waals surface area contributed by atoms with Crippen LogP contribution in [0.1, 0.15) is 5.69 Å². The van der Waals surface area contributed by atoms with Gasteiger partial charge in [0.25, 0.3) is 0 Å². The van der Waals surface area contributed by atoms with Crippen LogP contribution in [0.4, 0.5) is 0 Å². The van der Waals surface area contributed by atoms with E-state index in [1.54, 1.807) is 6.20 Å². The van der Waals surface area contributed by atoms with E-state index in [-0.39, 0.29) is 110 Å². The maximum Gasteiger partial charge on any atom is 2.00 e. The zero-order valence-corrected chi connectivity index (χ0v) is 14.4. The van der Waals surface area contributed by atoms with Crippen molar-refractivity contribution >= 4 is 0 Å². The summed E-state index contributed by atoms with van der Waals surface area (Å²) in [4.78, 5) is 3.98. The van der Waals surface area contributed by atoms with Gasteiger partial charge < -0.3 is 37.2 Å². The van der Waals surface area contributed by atoms with Gasteiger partial charge >= 0.3 is 72.4 Å². The molecule has 1 aromatic heterocycles. The van der Waals surface area contributed by atoms with E-state index in [1.807, 2.05) is 25.1 Å². The van der Waals surface area contributed by atoms with Gasteiger partial charge in [0, 0.05) is 11.9 Å². The Balaban J connectivity index is -0.0000000327. The van der Waals surface area contributed by atoms with Gasteiger partial charge in [0.2, 0.25) is 0 Å². The van der Waals surface area contributed by atoms with Crippen LogP contribution in [0, 0.1) is 6.92 Å². The molecule has 12 heavy (non-hydrogen) atoms. The topological polar surface area (TPSA) is 12.9 Å². The minimum atomic E-state index is 0. The molecule has 1 nitrogen and oxygen atoms in total. The summed E-state index contributed by atoms with van der Waals surface area (Å²) in [6.45, 7) is 1.97. The second-order valence-electron chi connectivity index (χ2n) is 1.47. The molecule has 68 valence electrons. The molecule has 0 aliphatic rings. The zero-order valence-electron chi connectivity index (χ0n) is 6.71. The van der Waals surface area contributed by atoms with E-state index in [1.165, 1.54) is 0 Å². The number of nitrogens with zero attached hydrogens (tertiary/aromatic N) is 1. The zero-order chi connectivity index (χ0) is 5.11. The third kappa shape index (κ3) is 14.8. The summed E-state index contributed by atoms with van der Waals surface area (Å²) in [6, 6.07) is 5.86. The van der Waals surface area contributed by atoms with Crippen LogP contribution in [0.3, 0.4) is 0 Å². The van der Waals surface area contributed by atoms with Gasteiger partial charge in [-0.1, -0.05) is 6.07 Å². The normalized spacial score (nSPS) is 5.08. The molecule has 0 aromatic carbocycles. The molecular formula is C6H7Cl3KNPt. The van der Waals surface area contributed by atoms with Crippen molar-refractivity contribution in [1.82, 2.24) is 4.98 Å². The number of aryl methyl sites for hydroxylation is 1. The molecule has 0 radical (unpaired) electrons. The third-order valence-corrected chi connectivity index (χ3v) is 0.813. The minimum Gasteiger partial charge on any atom is -1.00 e. The van der Waals surface area contributed by atoms with E-state index >= 15 is 0 Å². The predicted molar refractivity (Wildman–Crippen MR) is 29.0 cm³/mol. The first-order chi connectivity index (χ1) is 3.39. The van der Waals surface area contributed by atoms with Crippen molar-refractivity contribution in [3.63, 3.8) is 0 Å². The Hall–Kier alpha value is 2.34. The Kier molecular flexibility index (Phi) is 46.3. The van der Waals surface area contributed by atoms with Crippen LogP contribution in [0.15, 0.2) is 24.4 Å². The van der Waals surface area contributed by atoms with Gasteiger partial charge in [0.05, 0.1) is 0 Å². The number of hydrogen-bond acceptors (Lipinski definition) is 1. The van der Waals surface area contributed by atoms with Crippen LogP contribution in [0.5, 0.6) is 0 Å². The number of rotatable bonds is 0. The van der Waals surface area contributed by atoms with Gasteiger partial charge in [0.1, 0.15) is 0 Å². The van der Waals surface area contributed by atoms with Gasteiger partial charge in [-0.05, 0) is 19.1 Å². The Morgan fingerprint density at radius 2 is 1.58 bits per heavy atom. The molecule has 6 heteroatoms. The smallest absolute Gasteiger partial charge is 1.00 e. The molecule has 0 amide bonds. The quantitative estimate of drug-likeness (QED) is 0.371. The minimum absolute atomic E-state index is 0. The first-order valence-electron chi connectivity index (χ1n) is 2.27. The SMILES string of the molecule is Cc1ccccn1.[Cl-].[Cl-].[Cl-].[K+].[Pt+2]. The summed E-state index contributed by atoms with van der Waals surface area (Å²) in [7, 11) is 0. The summed E-state index contributed by atoms with van der Waals surface area (Å²) in [5, 5.41) is 0. The number of aromatic nitrogens is 1. The van der Waals surface area contributed by atoms with Crippen molar-refractivity contribution in [3.05, 3.63) is 30.1 Å². The first kappa shape index (κ1) is 29.3. The molecule has 0 spiro atoms. The summed E-state index contributed by atoms with van der Waals surface area (Å²) in [6.07, 6.45) is 1.79. The summed E-state index contributed by atoms with van der Waals surface area (Å²) >= 11 is 0. The number of halogens is 3. The maximum absolute atomic E-state index is 3.98. The van der Waals surface area contributed by atoms with E-state index in [2.05, 4.69) is 4.98 Å². The molecule has 1 rings (SSSR count). The molecule has 0 unspecified atom stereocenters. The monoisotopic (exact) mass is 432 g/mol. The van der Waals surface area contributed by atoms with Crippen LogP contribution in [0.25, 0.3) is 0 Å². The van der Waals surface area contributed by atoms with Gasteiger partial charge in [-0.15, -0.1) is 0 Å². The fraction of sp³-hybridized carbons (Fsp3) is 0.167. The van der Waals surface area contributed by atoms with Crippen LogP contribution < -0.4 is 88.6 Å². The molecule has 0 N–H and O–H groups in total. The molecule has 0 aliphatic carbocycles. The molecule has 0 aliphatic heterocycles. The summed E-state index contributed by atoms with van der Waals surface area (Å²) < 4.78 is 0. The third-order valence-electron chi connectivity index (χ3n) is 0.813. The summed E-state index contributed by atoms with van der Waals surface area (Å²) in [5.41, 5.74) is 1.07.